The number of nitrogens with zero attached hydrogens (tertiary/aromatic N) is 1. The zero-order valence-corrected chi connectivity index (χ0v) is 10.4. The van der Waals surface area contributed by atoms with Gasteiger partial charge in [0.05, 0.1) is 27.2 Å². The summed E-state index contributed by atoms with van der Waals surface area (Å²) in [6.07, 6.45) is 7.63. The quantitative estimate of drug-likeness (QED) is 0.542. The van der Waals surface area contributed by atoms with Crippen LogP contribution in [-0.2, 0) is 0 Å². The SMILES string of the molecule is C[N+](C)(C)NC1C2CC3CC(C2)CC1C3. The van der Waals surface area contributed by atoms with Crippen LogP contribution in [0.1, 0.15) is 32.1 Å². The molecule has 4 saturated carbocycles. The summed E-state index contributed by atoms with van der Waals surface area (Å²) < 4.78 is 0.924. The molecule has 0 spiro atoms. The van der Waals surface area contributed by atoms with Gasteiger partial charge in [0.1, 0.15) is 0 Å². The largest absolute Gasteiger partial charge is 0.253 e. The van der Waals surface area contributed by atoms with Gasteiger partial charge in [-0.15, -0.1) is 0 Å². The zero-order valence-electron chi connectivity index (χ0n) is 10.4. The predicted molar refractivity (Wildman–Crippen MR) is 62.0 cm³/mol. The second-order valence-corrected chi connectivity index (χ2v) is 7.10. The van der Waals surface area contributed by atoms with Gasteiger partial charge in [-0.25, -0.2) is 0 Å². The maximum atomic E-state index is 3.84. The van der Waals surface area contributed by atoms with Crippen LogP contribution >= 0.6 is 0 Å². The van der Waals surface area contributed by atoms with Gasteiger partial charge in [-0.3, -0.25) is 4.59 Å². The van der Waals surface area contributed by atoms with Crippen LogP contribution in [0, 0.1) is 23.7 Å². The minimum absolute atomic E-state index is 0.817. The van der Waals surface area contributed by atoms with Gasteiger partial charge < -0.3 is 0 Å². The van der Waals surface area contributed by atoms with E-state index >= 15 is 0 Å². The fourth-order valence-electron chi connectivity index (χ4n) is 4.58. The summed E-state index contributed by atoms with van der Waals surface area (Å²) in [7, 11) is 6.77. The van der Waals surface area contributed by atoms with Crippen molar-refractivity contribution in [2.45, 2.75) is 38.1 Å². The first-order chi connectivity index (χ1) is 7.01. The van der Waals surface area contributed by atoms with E-state index in [2.05, 4.69) is 26.6 Å². The Morgan fingerprint density at radius 1 is 0.800 bits per heavy atom. The highest BCUT2D eigenvalue weighted by Crippen LogP contribution is 2.53. The highest BCUT2D eigenvalue weighted by Gasteiger charge is 2.49. The molecule has 4 aliphatic rings. The molecule has 2 nitrogen and oxygen atoms in total. The van der Waals surface area contributed by atoms with E-state index in [0.717, 1.165) is 34.3 Å². The van der Waals surface area contributed by atoms with Gasteiger partial charge in [-0.2, -0.15) is 5.43 Å². The van der Waals surface area contributed by atoms with Crippen molar-refractivity contribution in [2.75, 3.05) is 21.1 Å². The Labute approximate surface area is 93.6 Å². The fourth-order valence-corrected chi connectivity index (χ4v) is 4.58. The molecule has 0 radical (unpaired) electrons. The van der Waals surface area contributed by atoms with Crippen LogP contribution in [0.25, 0.3) is 0 Å². The molecule has 4 fully saturated rings. The third kappa shape index (κ3) is 1.83. The Bertz CT molecular complexity index is 226. The Morgan fingerprint density at radius 3 is 1.67 bits per heavy atom. The molecular formula is C13H25N2+. The van der Waals surface area contributed by atoms with Crippen molar-refractivity contribution in [1.29, 1.82) is 0 Å². The van der Waals surface area contributed by atoms with E-state index in [-0.39, 0.29) is 0 Å². The maximum absolute atomic E-state index is 3.84. The lowest BCUT2D eigenvalue weighted by atomic mass is 9.54. The molecule has 0 aromatic carbocycles. The standard InChI is InChI=1S/C13H25N2/c1-15(2,3)14-13-11-5-9-4-10(7-11)8-12(13)6-9/h9-14H,4-8H2,1-3H3/q+1. The monoisotopic (exact) mass is 209 g/mol. The summed E-state index contributed by atoms with van der Waals surface area (Å²) in [6, 6.07) is 0.817. The van der Waals surface area contributed by atoms with E-state index in [1.54, 1.807) is 6.42 Å². The summed E-state index contributed by atoms with van der Waals surface area (Å²) in [5.41, 5.74) is 3.84. The molecule has 4 bridgehead atoms. The molecule has 0 aliphatic heterocycles. The first kappa shape index (κ1) is 10.1. The molecule has 4 rings (SSSR count). The van der Waals surface area contributed by atoms with Crippen LogP contribution in [0.3, 0.4) is 0 Å². The molecule has 0 heterocycles. The molecule has 86 valence electrons. The van der Waals surface area contributed by atoms with Crippen molar-refractivity contribution in [3.05, 3.63) is 0 Å². The van der Waals surface area contributed by atoms with Gasteiger partial charge >= 0.3 is 0 Å². The summed E-state index contributed by atoms with van der Waals surface area (Å²) in [5, 5.41) is 0. The summed E-state index contributed by atoms with van der Waals surface area (Å²) in [6.45, 7) is 0. The first-order valence-corrected chi connectivity index (χ1v) is 6.60. The Morgan fingerprint density at radius 2 is 1.27 bits per heavy atom. The average molecular weight is 209 g/mol. The van der Waals surface area contributed by atoms with Gasteiger partial charge in [0, 0.05) is 0 Å². The number of hydrogen-bond donors (Lipinski definition) is 1. The number of hydrogen-bond acceptors (Lipinski definition) is 1. The van der Waals surface area contributed by atoms with Crippen molar-refractivity contribution >= 4 is 0 Å². The van der Waals surface area contributed by atoms with Crippen molar-refractivity contribution in [3.63, 3.8) is 0 Å². The third-order valence-electron chi connectivity index (χ3n) is 4.76. The molecule has 0 saturated heterocycles. The molecule has 0 aromatic heterocycles. The van der Waals surface area contributed by atoms with Crippen molar-refractivity contribution < 1.29 is 4.59 Å². The highest BCUT2D eigenvalue weighted by molar-refractivity contribution is 5.00. The van der Waals surface area contributed by atoms with E-state index in [0.29, 0.717) is 0 Å². The van der Waals surface area contributed by atoms with Gasteiger partial charge in [0.15, 0.2) is 0 Å². The Kier molecular flexibility index (Phi) is 2.16. The molecule has 4 aliphatic carbocycles. The molecule has 1 N–H and O–H groups in total. The number of quaternary nitrogens is 1. The van der Waals surface area contributed by atoms with Gasteiger partial charge in [-0.05, 0) is 55.8 Å². The molecule has 0 aromatic rings. The third-order valence-corrected chi connectivity index (χ3v) is 4.76. The van der Waals surface area contributed by atoms with Crippen molar-refractivity contribution in [1.82, 2.24) is 5.43 Å². The van der Waals surface area contributed by atoms with E-state index < -0.39 is 0 Å². The van der Waals surface area contributed by atoms with Crippen LogP contribution in [0.4, 0.5) is 0 Å². The van der Waals surface area contributed by atoms with Crippen LogP contribution in [-0.4, -0.2) is 31.8 Å². The molecule has 15 heavy (non-hydrogen) atoms. The van der Waals surface area contributed by atoms with Crippen LogP contribution in [0.15, 0.2) is 0 Å². The summed E-state index contributed by atoms with van der Waals surface area (Å²) in [4.78, 5) is 0. The highest BCUT2D eigenvalue weighted by atomic mass is 15.6. The lowest BCUT2D eigenvalue weighted by Gasteiger charge is -2.55. The first-order valence-electron chi connectivity index (χ1n) is 6.60. The van der Waals surface area contributed by atoms with Crippen LogP contribution in [0.5, 0.6) is 0 Å². The lowest BCUT2D eigenvalue weighted by Crippen LogP contribution is -2.62. The summed E-state index contributed by atoms with van der Waals surface area (Å²) >= 11 is 0. The molecule has 0 atom stereocenters. The molecule has 2 heteroatoms. The second-order valence-electron chi connectivity index (χ2n) is 7.10. The Hall–Kier alpha value is -0.0800. The van der Waals surface area contributed by atoms with Gasteiger partial charge in [-0.1, -0.05) is 0 Å². The van der Waals surface area contributed by atoms with Crippen molar-refractivity contribution in [2.24, 2.45) is 23.7 Å². The van der Waals surface area contributed by atoms with Gasteiger partial charge in [0.25, 0.3) is 0 Å². The normalized spacial score (nSPS) is 48.6. The van der Waals surface area contributed by atoms with E-state index in [9.17, 15) is 0 Å². The minimum Gasteiger partial charge on any atom is -0.253 e. The summed E-state index contributed by atoms with van der Waals surface area (Å²) in [5.74, 6) is 4.19. The maximum Gasteiger partial charge on any atom is 0.0853 e. The predicted octanol–water partition coefficient (Wildman–Crippen LogP) is 2.02. The van der Waals surface area contributed by atoms with E-state index in [4.69, 9.17) is 0 Å². The zero-order chi connectivity index (χ0) is 10.6. The smallest absolute Gasteiger partial charge is 0.0853 e. The Balaban J connectivity index is 1.75. The van der Waals surface area contributed by atoms with Crippen LogP contribution in [0.2, 0.25) is 0 Å². The molecular weight excluding hydrogens is 184 g/mol. The average Bonchev–Trinajstić information content (AvgIpc) is 2.08. The fraction of sp³-hybridized carbons (Fsp3) is 1.00. The van der Waals surface area contributed by atoms with E-state index in [1.807, 2.05) is 0 Å². The van der Waals surface area contributed by atoms with Crippen LogP contribution < -0.4 is 5.43 Å². The topological polar surface area (TPSA) is 12.0 Å². The minimum atomic E-state index is 0.817. The molecule has 0 unspecified atom stereocenters. The number of rotatable bonds is 2. The van der Waals surface area contributed by atoms with Gasteiger partial charge in [0.2, 0.25) is 0 Å². The molecule has 0 amide bonds. The van der Waals surface area contributed by atoms with Crippen molar-refractivity contribution in [3.8, 4) is 0 Å². The lowest BCUT2D eigenvalue weighted by molar-refractivity contribution is -0.920. The van der Waals surface area contributed by atoms with E-state index in [1.165, 1.54) is 25.7 Å². The number of nitrogens with one attached hydrogen (secondary N) is 1. The second kappa shape index (κ2) is 3.21.